The Kier molecular flexibility index (Phi) is 4.34. The highest BCUT2D eigenvalue weighted by Crippen LogP contribution is 2.36. The molecular weight excluding hydrogens is 328 g/mol. The molecule has 3 N–H and O–H groups in total. The molecule has 4 rings (SSSR count). The summed E-state index contributed by atoms with van der Waals surface area (Å²) in [6.07, 6.45) is 2.28. The average molecular weight is 350 g/mol. The molecule has 0 saturated carbocycles. The third-order valence-electron chi connectivity index (χ3n) is 4.89. The second kappa shape index (κ2) is 6.80. The predicted octanol–water partition coefficient (Wildman–Crippen LogP) is 3.21. The molecule has 3 aromatic rings. The van der Waals surface area contributed by atoms with E-state index < -0.39 is 0 Å². The molecule has 6 nitrogen and oxygen atoms in total. The molecule has 1 fully saturated rings. The zero-order chi connectivity index (χ0) is 18.1. The third-order valence-corrected chi connectivity index (χ3v) is 4.89. The van der Waals surface area contributed by atoms with Crippen molar-refractivity contribution in [1.82, 2.24) is 15.1 Å². The van der Waals surface area contributed by atoms with E-state index >= 15 is 0 Å². The molecule has 1 aromatic heterocycles. The van der Waals surface area contributed by atoms with Crippen LogP contribution in [0.5, 0.6) is 11.5 Å². The van der Waals surface area contributed by atoms with Gasteiger partial charge in [-0.15, -0.1) is 10.2 Å². The van der Waals surface area contributed by atoms with Crippen LogP contribution in [-0.4, -0.2) is 51.5 Å². The molecule has 1 atom stereocenters. The van der Waals surface area contributed by atoms with Crippen molar-refractivity contribution >= 4 is 16.6 Å². The van der Waals surface area contributed by atoms with Gasteiger partial charge in [-0.2, -0.15) is 0 Å². The number of aromatic hydroxyl groups is 2. The molecule has 1 saturated heterocycles. The van der Waals surface area contributed by atoms with E-state index in [0.717, 1.165) is 36.1 Å². The molecule has 26 heavy (non-hydrogen) atoms. The number of hydrogen-bond donors (Lipinski definition) is 3. The number of benzene rings is 2. The molecule has 0 amide bonds. The first-order valence-electron chi connectivity index (χ1n) is 8.84. The van der Waals surface area contributed by atoms with E-state index in [1.165, 1.54) is 18.6 Å². The van der Waals surface area contributed by atoms with Gasteiger partial charge in [-0.1, -0.05) is 24.3 Å². The minimum Gasteiger partial charge on any atom is -0.508 e. The Morgan fingerprint density at radius 2 is 1.88 bits per heavy atom. The van der Waals surface area contributed by atoms with Gasteiger partial charge in [0.05, 0.1) is 0 Å². The van der Waals surface area contributed by atoms with Gasteiger partial charge in [0.1, 0.15) is 17.2 Å². The average Bonchev–Trinajstić information content (AvgIpc) is 2.63. The number of nitrogens with one attached hydrogen (secondary N) is 1. The first kappa shape index (κ1) is 16.6. The number of fused-ring (bicyclic) bond motifs is 1. The van der Waals surface area contributed by atoms with Crippen molar-refractivity contribution < 1.29 is 10.2 Å². The summed E-state index contributed by atoms with van der Waals surface area (Å²) in [6.45, 7) is 2.11. The topological polar surface area (TPSA) is 81.5 Å². The van der Waals surface area contributed by atoms with E-state index in [4.69, 9.17) is 0 Å². The molecule has 0 bridgehead atoms. The van der Waals surface area contributed by atoms with Crippen molar-refractivity contribution in [2.75, 3.05) is 25.5 Å². The van der Waals surface area contributed by atoms with E-state index in [1.807, 2.05) is 24.3 Å². The second-order valence-electron chi connectivity index (χ2n) is 6.89. The van der Waals surface area contributed by atoms with E-state index in [9.17, 15) is 10.2 Å². The Hall–Kier alpha value is -2.86. The van der Waals surface area contributed by atoms with Crippen molar-refractivity contribution in [2.45, 2.75) is 18.9 Å². The van der Waals surface area contributed by atoms with Crippen molar-refractivity contribution in [3.05, 3.63) is 42.5 Å². The van der Waals surface area contributed by atoms with Gasteiger partial charge in [-0.25, -0.2) is 0 Å². The molecule has 1 aliphatic rings. The Morgan fingerprint density at radius 1 is 1.08 bits per heavy atom. The molecule has 2 heterocycles. The van der Waals surface area contributed by atoms with Gasteiger partial charge < -0.3 is 20.4 Å². The molecular formula is C20H22N4O2. The molecule has 2 aromatic carbocycles. The molecule has 0 aliphatic carbocycles. The van der Waals surface area contributed by atoms with Crippen molar-refractivity contribution in [3.63, 3.8) is 0 Å². The Balaban J connectivity index is 1.76. The normalized spacial score (nSPS) is 18.1. The molecule has 0 spiro atoms. The highest BCUT2D eigenvalue weighted by Gasteiger charge is 2.20. The van der Waals surface area contributed by atoms with E-state index in [-0.39, 0.29) is 11.5 Å². The van der Waals surface area contributed by atoms with E-state index in [1.54, 1.807) is 6.07 Å². The fourth-order valence-electron chi connectivity index (χ4n) is 3.61. The minimum atomic E-state index is -0.0148. The van der Waals surface area contributed by atoms with Crippen LogP contribution in [0.2, 0.25) is 0 Å². The number of nitrogens with zero attached hydrogens (tertiary/aromatic N) is 3. The maximum absolute atomic E-state index is 10.2. The van der Waals surface area contributed by atoms with Crippen LogP contribution >= 0.6 is 0 Å². The Morgan fingerprint density at radius 3 is 2.65 bits per heavy atom. The maximum Gasteiger partial charge on any atom is 0.156 e. The van der Waals surface area contributed by atoms with Crippen molar-refractivity contribution in [2.24, 2.45) is 0 Å². The molecule has 134 valence electrons. The lowest BCUT2D eigenvalue weighted by molar-refractivity contribution is 0.261. The number of aromatic nitrogens is 2. The van der Waals surface area contributed by atoms with Crippen LogP contribution in [0.15, 0.2) is 42.5 Å². The van der Waals surface area contributed by atoms with Gasteiger partial charge in [-0.3, -0.25) is 0 Å². The van der Waals surface area contributed by atoms with Crippen molar-refractivity contribution in [1.29, 1.82) is 0 Å². The lowest BCUT2D eigenvalue weighted by atomic mass is 10.0. The van der Waals surface area contributed by atoms with E-state index in [0.29, 0.717) is 17.3 Å². The Bertz CT molecular complexity index is 944. The number of hydrogen-bond acceptors (Lipinski definition) is 6. The fraction of sp³-hybridized carbons (Fsp3) is 0.300. The number of phenolic OH excluding ortho intramolecular Hbond substituents is 2. The lowest BCUT2D eigenvalue weighted by Gasteiger charge is -2.30. The predicted molar refractivity (Wildman–Crippen MR) is 102 cm³/mol. The van der Waals surface area contributed by atoms with Crippen molar-refractivity contribution in [3.8, 4) is 22.8 Å². The van der Waals surface area contributed by atoms with Gasteiger partial charge in [0.15, 0.2) is 5.82 Å². The molecule has 6 heteroatoms. The molecule has 1 unspecified atom stereocenters. The van der Waals surface area contributed by atoms with Gasteiger partial charge in [0.2, 0.25) is 0 Å². The van der Waals surface area contributed by atoms with Crippen LogP contribution in [0.3, 0.4) is 0 Å². The van der Waals surface area contributed by atoms with Crippen LogP contribution in [0.25, 0.3) is 22.0 Å². The number of likely N-dealkylation sites (N-methyl/N-ethyl adjacent to an activating group) is 1. The minimum absolute atomic E-state index is 0.0148. The molecule has 1 aliphatic heterocycles. The highest BCUT2D eigenvalue weighted by molar-refractivity contribution is 6.00. The smallest absolute Gasteiger partial charge is 0.156 e. The van der Waals surface area contributed by atoms with Gasteiger partial charge in [0, 0.05) is 35.0 Å². The number of likely N-dealkylation sites (tertiary alicyclic amines) is 1. The zero-order valence-corrected chi connectivity index (χ0v) is 14.7. The van der Waals surface area contributed by atoms with Crippen LogP contribution in [0, 0.1) is 0 Å². The summed E-state index contributed by atoms with van der Waals surface area (Å²) in [7, 11) is 2.13. The van der Waals surface area contributed by atoms with Gasteiger partial charge >= 0.3 is 0 Å². The standard InChI is InChI=1S/C20H22N4O2/c1-24-10-4-5-13(12-24)21-20-16-7-3-2-6-15(16)19(22-23-20)17-9-8-14(25)11-18(17)26/h2-3,6-9,11,13,25-26H,4-5,10,12H2,1H3,(H,21,23). The summed E-state index contributed by atoms with van der Waals surface area (Å²) >= 11 is 0. The summed E-state index contributed by atoms with van der Waals surface area (Å²) in [4.78, 5) is 2.32. The van der Waals surface area contributed by atoms with Gasteiger partial charge in [-0.05, 0) is 38.6 Å². The number of phenols is 2. The third kappa shape index (κ3) is 3.15. The number of rotatable bonds is 3. The summed E-state index contributed by atoms with van der Waals surface area (Å²) < 4.78 is 0. The summed E-state index contributed by atoms with van der Waals surface area (Å²) in [5.41, 5.74) is 1.15. The van der Waals surface area contributed by atoms with Crippen LogP contribution in [0.4, 0.5) is 5.82 Å². The number of anilines is 1. The van der Waals surface area contributed by atoms with Crippen LogP contribution in [0.1, 0.15) is 12.8 Å². The van der Waals surface area contributed by atoms with Gasteiger partial charge in [0.25, 0.3) is 0 Å². The fourth-order valence-corrected chi connectivity index (χ4v) is 3.61. The first-order chi connectivity index (χ1) is 12.6. The van der Waals surface area contributed by atoms with Crippen LogP contribution in [-0.2, 0) is 0 Å². The summed E-state index contributed by atoms with van der Waals surface area (Å²) in [5.74, 6) is 0.769. The first-order valence-corrected chi connectivity index (χ1v) is 8.84. The Labute approximate surface area is 152 Å². The lowest BCUT2D eigenvalue weighted by Crippen LogP contribution is -2.40. The summed E-state index contributed by atoms with van der Waals surface area (Å²) in [6, 6.07) is 12.8. The summed E-state index contributed by atoms with van der Waals surface area (Å²) in [5, 5.41) is 34.0. The van der Waals surface area contributed by atoms with Crippen LogP contribution < -0.4 is 5.32 Å². The largest absolute Gasteiger partial charge is 0.508 e. The molecule has 0 radical (unpaired) electrons. The maximum atomic E-state index is 10.2. The quantitative estimate of drug-likeness (QED) is 0.673. The number of piperidine rings is 1. The monoisotopic (exact) mass is 350 g/mol. The van der Waals surface area contributed by atoms with E-state index in [2.05, 4.69) is 27.5 Å². The zero-order valence-electron chi connectivity index (χ0n) is 14.7. The highest BCUT2D eigenvalue weighted by atomic mass is 16.3. The second-order valence-corrected chi connectivity index (χ2v) is 6.89. The SMILES string of the molecule is CN1CCCC(Nc2nnc(-c3ccc(O)cc3O)c3ccccc23)C1.